The van der Waals surface area contributed by atoms with Crippen molar-refractivity contribution >= 4 is 11.7 Å². The standard InChI is InChI=1S/C15H22N4O/c1-12-11-19(9-6-16-12)15(20)13-4-5-14(17-10-13)18-7-2-3-8-18/h4-5,10,12,16H,2-3,6-9,11H2,1H3. The first-order valence-electron chi connectivity index (χ1n) is 7.48. The summed E-state index contributed by atoms with van der Waals surface area (Å²) in [7, 11) is 0. The van der Waals surface area contributed by atoms with Gasteiger partial charge in [-0.1, -0.05) is 0 Å². The van der Waals surface area contributed by atoms with Gasteiger partial charge in [0.2, 0.25) is 0 Å². The highest BCUT2D eigenvalue weighted by molar-refractivity contribution is 5.94. The number of hydrogen-bond acceptors (Lipinski definition) is 4. The SMILES string of the molecule is CC1CN(C(=O)c2ccc(N3CCCC3)nc2)CCN1. The average Bonchev–Trinajstić information content (AvgIpc) is 3.01. The number of anilines is 1. The van der Waals surface area contributed by atoms with Gasteiger partial charge in [-0.2, -0.15) is 0 Å². The smallest absolute Gasteiger partial charge is 0.255 e. The van der Waals surface area contributed by atoms with Crippen LogP contribution in [-0.2, 0) is 0 Å². The third kappa shape index (κ3) is 2.77. The molecule has 5 heteroatoms. The van der Waals surface area contributed by atoms with Crippen molar-refractivity contribution in [2.75, 3.05) is 37.6 Å². The number of amides is 1. The lowest BCUT2D eigenvalue weighted by atomic mass is 10.2. The minimum absolute atomic E-state index is 0.0961. The Balaban J connectivity index is 1.68. The lowest BCUT2D eigenvalue weighted by Gasteiger charge is -2.32. The molecule has 0 aliphatic carbocycles. The second-order valence-electron chi connectivity index (χ2n) is 5.71. The Morgan fingerprint density at radius 3 is 2.75 bits per heavy atom. The van der Waals surface area contributed by atoms with Crippen molar-refractivity contribution < 1.29 is 4.79 Å². The molecule has 2 aliphatic heterocycles. The first-order chi connectivity index (χ1) is 9.74. The maximum Gasteiger partial charge on any atom is 0.255 e. The zero-order chi connectivity index (χ0) is 13.9. The fraction of sp³-hybridized carbons (Fsp3) is 0.600. The molecule has 1 amide bonds. The second-order valence-corrected chi connectivity index (χ2v) is 5.71. The summed E-state index contributed by atoms with van der Waals surface area (Å²) in [6, 6.07) is 4.25. The summed E-state index contributed by atoms with van der Waals surface area (Å²) in [5, 5.41) is 3.35. The molecule has 20 heavy (non-hydrogen) atoms. The average molecular weight is 274 g/mol. The van der Waals surface area contributed by atoms with E-state index in [2.05, 4.69) is 22.1 Å². The van der Waals surface area contributed by atoms with Gasteiger partial charge < -0.3 is 15.1 Å². The first kappa shape index (κ1) is 13.4. The number of rotatable bonds is 2. The molecule has 0 radical (unpaired) electrons. The molecule has 1 aromatic rings. The second kappa shape index (κ2) is 5.79. The van der Waals surface area contributed by atoms with Gasteiger partial charge >= 0.3 is 0 Å². The minimum atomic E-state index is 0.0961. The van der Waals surface area contributed by atoms with Crippen molar-refractivity contribution in [1.82, 2.24) is 15.2 Å². The summed E-state index contributed by atoms with van der Waals surface area (Å²) in [5.74, 6) is 1.09. The van der Waals surface area contributed by atoms with Crippen LogP contribution in [0.25, 0.3) is 0 Å². The molecular weight excluding hydrogens is 252 g/mol. The maximum atomic E-state index is 12.4. The Morgan fingerprint density at radius 2 is 2.10 bits per heavy atom. The highest BCUT2D eigenvalue weighted by Gasteiger charge is 2.22. The molecule has 108 valence electrons. The zero-order valence-electron chi connectivity index (χ0n) is 12.0. The fourth-order valence-electron chi connectivity index (χ4n) is 2.95. The maximum absolute atomic E-state index is 12.4. The lowest BCUT2D eigenvalue weighted by Crippen LogP contribution is -2.51. The molecule has 0 bridgehead atoms. The fourth-order valence-corrected chi connectivity index (χ4v) is 2.95. The van der Waals surface area contributed by atoms with Crippen LogP contribution in [0.3, 0.4) is 0 Å². The van der Waals surface area contributed by atoms with Crippen molar-refractivity contribution in [2.45, 2.75) is 25.8 Å². The zero-order valence-corrected chi connectivity index (χ0v) is 12.0. The molecule has 1 unspecified atom stereocenters. The van der Waals surface area contributed by atoms with Crippen molar-refractivity contribution in [3.63, 3.8) is 0 Å². The van der Waals surface area contributed by atoms with Crippen LogP contribution >= 0.6 is 0 Å². The van der Waals surface area contributed by atoms with Crippen LogP contribution in [-0.4, -0.2) is 54.6 Å². The van der Waals surface area contributed by atoms with E-state index in [9.17, 15) is 4.79 Å². The third-order valence-corrected chi connectivity index (χ3v) is 4.08. The number of pyridine rings is 1. The van der Waals surface area contributed by atoms with Crippen molar-refractivity contribution in [3.05, 3.63) is 23.9 Å². The van der Waals surface area contributed by atoms with E-state index in [0.29, 0.717) is 11.6 Å². The van der Waals surface area contributed by atoms with E-state index in [0.717, 1.165) is 38.5 Å². The van der Waals surface area contributed by atoms with Gasteiger partial charge in [-0.3, -0.25) is 4.79 Å². The molecule has 2 aliphatic rings. The van der Waals surface area contributed by atoms with Crippen molar-refractivity contribution in [1.29, 1.82) is 0 Å². The van der Waals surface area contributed by atoms with Gasteiger partial charge in [0.25, 0.3) is 5.91 Å². The van der Waals surface area contributed by atoms with Crippen molar-refractivity contribution in [2.24, 2.45) is 0 Å². The van der Waals surface area contributed by atoms with Gasteiger partial charge in [0.15, 0.2) is 0 Å². The van der Waals surface area contributed by atoms with Crippen LogP contribution in [0.2, 0.25) is 0 Å². The van der Waals surface area contributed by atoms with Gasteiger partial charge in [0, 0.05) is 45.0 Å². The van der Waals surface area contributed by atoms with Crippen LogP contribution in [0, 0.1) is 0 Å². The van der Waals surface area contributed by atoms with E-state index < -0.39 is 0 Å². The van der Waals surface area contributed by atoms with Gasteiger partial charge in [0.05, 0.1) is 5.56 Å². The summed E-state index contributed by atoms with van der Waals surface area (Å²) < 4.78 is 0. The molecule has 1 N–H and O–H groups in total. The molecule has 0 saturated carbocycles. The minimum Gasteiger partial charge on any atom is -0.357 e. The molecule has 3 heterocycles. The highest BCUT2D eigenvalue weighted by atomic mass is 16.2. The summed E-state index contributed by atoms with van der Waals surface area (Å²) in [6.07, 6.45) is 4.20. The summed E-state index contributed by atoms with van der Waals surface area (Å²) in [5.41, 5.74) is 0.696. The van der Waals surface area contributed by atoms with Crippen LogP contribution in [0.5, 0.6) is 0 Å². The van der Waals surface area contributed by atoms with Crippen LogP contribution < -0.4 is 10.2 Å². The Morgan fingerprint density at radius 1 is 1.30 bits per heavy atom. The van der Waals surface area contributed by atoms with E-state index in [1.807, 2.05) is 17.0 Å². The normalized spacial score (nSPS) is 23.1. The Kier molecular flexibility index (Phi) is 3.87. The first-order valence-corrected chi connectivity index (χ1v) is 7.48. The number of carbonyl (C=O) groups excluding carboxylic acids is 1. The highest BCUT2D eigenvalue weighted by Crippen LogP contribution is 2.18. The molecule has 3 rings (SSSR count). The van der Waals surface area contributed by atoms with E-state index >= 15 is 0 Å². The predicted molar refractivity (Wildman–Crippen MR) is 79.1 cm³/mol. The molecule has 1 aromatic heterocycles. The number of piperazine rings is 1. The van der Waals surface area contributed by atoms with E-state index in [-0.39, 0.29) is 5.91 Å². The number of aromatic nitrogens is 1. The third-order valence-electron chi connectivity index (χ3n) is 4.08. The topological polar surface area (TPSA) is 48.5 Å². The number of nitrogens with zero attached hydrogens (tertiary/aromatic N) is 3. The van der Waals surface area contributed by atoms with E-state index in [1.165, 1.54) is 12.8 Å². The van der Waals surface area contributed by atoms with Gasteiger partial charge in [0.1, 0.15) is 5.82 Å². The van der Waals surface area contributed by atoms with Gasteiger partial charge in [-0.15, -0.1) is 0 Å². The number of nitrogens with one attached hydrogen (secondary N) is 1. The largest absolute Gasteiger partial charge is 0.357 e. The molecule has 0 spiro atoms. The lowest BCUT2D eigenvalue weighted by molar-refractivity contribution is 0.0708. The van der Waals surface area contributed by atoms with Gasteiger partial charge in [-0.25, -0.2) is 4.98 Å². The monoisotopic (exact) mass is 274 g/mol. The van der Waals surface area contributed by atoms with E-state index in [4.69, 9.17) is 0 Å². The van der Waals surface area contributed by atoms with Crippen LogP contribution in [0.1, 0.15) is 30.1 Å². The summed E-state index contributed by atoms with van der Waals surface area (Å²) >= 11 is 0. The summed E-state index contributed by atoms with van der Waals surface area (Å²) in [6.45, 7) is 6.68. The van der Waals surface area contributed by atoms with Crippen LogP contribution in [0.15, 0.2) is 18.3 Å². The van der Waals surface area contributed by atoms with E-state index in [1.54, 1.807) is 6.20 Å². The van der Waals surface area contributed by atoms with Gasteiger partial charge in [-0.05, 0) is 31.9 Å². The molecule has 5 nitrogen and oxygen atoms in total. The molecule has 2 fully saturated rings. The predicted octanol–water partition coefficient (Wildman–Crippen LogP) is 1.12. The molecule has 2 saturated heterocycles. The Hall–Kier alpha value is -1.62. The molecule has 0 aromatic carbocycles. The van der Waals surface area contributed by atoms with Crippen LogP contribution in [0.4, 0.5) is 5.82 Å². The van der Waals surface area contributed by atoms with Crippen molar-refractivity contribution in [3.8, 4) is 0 Å². The number of carbonyl (C=O) groups is 1. The Labute approximate surface area is 120 Å². The Bertz CT molecular complexity index is 467. The molecule has 1 atom stereocenters. The molecular formula is C15H22N4O. The summed E-state index contributed by atoms with van der Waals surface area (Å²) in [4.78, 5) is 21.1. The quantitative estimate of drug-likeness (QED) is 0.878. The number of hydrogen-bond donors (Lipinski definition) is 1.